The second-order valence-corrected chi connectivity index (χ2v) is 4.83. The third-order valence-corrected chi connectivity index (χ3v) is 3.27. The van der Waals surface area contributed by atoms with Gasteiger partial charge in [-0.05, 0) is 38.2 Å². The Kier molecular flexibility index (Phi) is 4.52. The first-order chi connectivity index (χ1) is 9.95. The predicted molar refractivity (Wildman–Crippen MR) is 77.3 cm³/mol. The van der Waals surface area contributed by atoms with Crippen molar-refractivity contribution in [1.82, 2.24) is 10.6 Å². The van der Waals surface area contributed by atoms with Gasteiger partial charge in [-0.3, -0.25) is 0 Å². The molecule has 0 bridgehead atoms. The van der Waals surface area contributed by atoms with Crippen LogP contribution in [0.1, 0.15) is 25.5 Å². The quantitative estimate of drug-likeness (QED) is 0.663. The van der Waals surface area contributed by atoms with Crippen LogP contribution in [0.4, 0.5) is 8.78 Å². The molecule has 1 aromatic rings. The maximum Gasteiger partial charge on any atom is 0.338 e. The Bertz CT molecular complexity index is 611. The lowest BCUT2D eigenvalue weighted by Gasteiger charge is -2.30. The van der Waals surface area contributed by atoms with E-state index in [1.165, 1.54) is 6.07 Å². The standard InChI is InChI=1S/C14H14F2N2O2S/c1-3-20-13(19)10-7(2)17-14(21)18-12(10)11-8(15)5-4-6-9(11)16/h4-6,12H,3H2,1-2H3,(H2,17,18,21)/t12-/m1/s1. The van der Waals surface area contributed by atoms with E-state index in [0.717, 1.165) is 12.1 Å². The van der Waals surface area contributed by atoms with Gasteiger partial charge < -0.3 is 15.4 Å². The predicted octanol–water partition coefficient (Wildman–Crippen LogP) is 2.32. The molecule has 2 N–H and O–H groups in total. The number of halogens is 2. The van der Waals surface area contributed by atoms with Crippen LogP contribution in [-0.2, 0) is 9.53 Å². The normalized spacial score (nSPS) is 18.1. The van der Waals surface area contributed by atoms with Gasteiger partial charge in [-0.2, -0.15) is 0 Å². The molecular weight excluding hydrogens is 298 g/mol. The first kappa shape index (κ1) is 15.4. The van der Waals surface area contributed by atoms with E-state index in [9.17, 15) is 13.6 Å². The van der Waals surface area contributed by atoms with Gasteiger partial charge in [0.1, 0.15) is 11.6 Å². The van der Waals surface area contributed by atoms with Gasteiger partial charge in [0.05, 0.1) is 23.8 Å². The van der Waals surface area contributed by atoms with E-state index in [1.807, 2.05) is 0 Å². The molecule has 7 heteroatoms. The molecule has 4 nitrogen and oxygen atoms in total. The van der Waals surface area contributed by atoms with Crippen molar-refractivity contribution in [3.05, 3.63) is 46.7 Å². The summed E-state index contributed by atoms with van der Waals surface area (Å²) in [5, 5.41) is 5.67. The number of rotatable bonds is 3. The molecule has 0 aliphatic carbocycles. The average Bonchev–Trinajstić information content (AvgIpc) is 2.37. The molecule has 2 rings (SSSR count). The summed E-state index contributed by atoms with van der Waals surface area (Å²) in [6.07, 6.45) is 0. The topological polar surface area (TPSA) is 50.4 Å². The fourth-order valence-electron chi connectivity index (χ4n) is 2.18. The van der Waals surface area contributed by atoms with Crippen LogP contribution in [0.2, 0.25) is 0 Å². The minimum Gasteiger partial charge on any atom is -0.463 e. The van der Waals surface area contributed by atoms with E-state index in [4.69, 9.17) is 17.0 Å². The molecule has 0 spiro atoms. The van der Waals surface area contributed by atoms with Gasteiger partial charge in [0.25, 0.3) is 0 Å². The van der Waals surface area contributed by atoms with Crippen LogP contribution in [0.3, 0.4) is 0 Å². The number of allylic oxidation sites excluding steroid dienone is 1. The molecule has 1 aliphatic rings. The van der Waals surface area contributed by atoms with Gasteiger partial charge >= 0.3 is 5.97 Å². The Labute approximate surface area is 126 Å². The van der Waals surface area contributed by atoms with Gasteiger partial charge in [0.2, 0.25) is 0 Å². The summed E-state index contributed by atoms with van der Waals surface area (Å²) in [7, 11) is 0. The monoisotopic (exact) mass is 312 g/mol. The van der Waals surface area contributed by atoms with E-state index < -0.39 is 23.6 Å². The molecule has 0 fully saturated rings. The highest BCUT2D eigenvalue weighted by Gasteiger charge is 2.34. The molecule has 1 aromatic carbocycles. The maximum atomic E-state index is 14.0. The third-order valence-electron chi connectivity index (χ3n) is 3.05. The Morgan fingerprint density at radius 1 is 1.38 bits per heavy atom. The molecule has 0 saturated heterocycles. The summed E-state index contributed by atoms with van der Waals surface area (Å²) >= 11 is 5.00. The van der Waals surface area contributed by atoms with Crippen molar-refractivity contribution in [2.75, 3.05) is 6.61 Å². The fraction of sp³-hybridized carbons (Fsp3) is 0.286. The van der Waals surface area contributed by atoms with Crippen LogP contribution in [0.5, 0.6) is 0 Å². The highest BCUT2D eigenvalue weighted by atomic mass is 32.1. The van der Waals surface area contributed by atoms with E-state index in [1.54, 1.807) is 13.8 Å². The van der Waals surface area contributed by atoms with Crippen molar-refractivity contribution in [3.8, 4) is 0 Å². The molecule has 0 unspecified atom stereocenters. The van der Waals surface area contributed by atoms with Crippen LogP contribution >= 0.6 is 12.2 Å². The summed E-state index contributed by atoms with van der Waals surface area (Å²) in [6.45, 7) is 3.42. The van der Waals surface area contributed by atoms with Crippen molar-refractivity contribution >= 4 is 23.3 Å². The smallest absolute Gasteiger partial charge is 0.338 e. The zero-order valence-corrected chi connectivity index (χ0v) is 12.3. The van der Waals surface area contributed by atoms with Crippen molar-refractivity contribution in [1.29, 1.82) is 0 Å². The number of carbonyl (C=O) groups excluding carboxylic acids is 1. The number of thiocarbonyl (C=S) groups is 1. The van der Waals surface area contributed by atoms with Crippen molar-refractivity contribution in [2.24, 2.45) is 0 Å². The number of esters is 1. The number of hydrogen-bond donors (Lipinski definition) is 2. The maximum absolute atomic E-state index is 14.0. The molecule has 1 aliphatic heterocycles. The highest BCUT2D eigenvalue weighted by molar-refractivity contribution is 7.80. The Hall–Kier alpha value is -2.02. The zero-order valence-electron chi connectivity index (χ0n) is 11.5. The van der Waals surface area contributed by atoms with Crippen LogP contribution in [0.25, 0.3) is 0 Å². The first-order valence-corrected chi connectivity index (χ1v) is 6.75. The lowest BCUT2D eigenvalue weighted by molar-refractivity contribution is -0.139. The minimum atomic E-state index is -1.03. The molecule has 0 radical (unpaired) electrons. The summed E-state index contributed by atoms with van der Waals surface area (Å²) in [4.78, 5) is 12.1. The second kappa shape index (κ2) is 6.17. The van der Waals surface area contributed by atoms with Gasteiger partial charge in [-0.15, -0.1) is 0 Å². The Morgan fingerprint density at radius 2 is 2.00 bits per heavy atom. The number of nitrogens with one attached hydrogen (secondary N) is 2. The summed E-state index contributed by atoms with van der Waals surface area (Å²) < 4.78 is 32.9. The number of ether oxygens (including phenoxy) is 1. The van der Waals surface area contributed by atoms with E-state index in [0.29, 0.717) is 5.70 Å². The molecule has 0 amide bonds. The van der Waals surface area contributed by atoms with E-state index in [-0.39, 0.29) is 22.9 Å². The largest absolute Gasteiger partial charge is 0.463 e. The second-order valence-electron chi connectivity index (χ2n) is 4.43. The molecule has 0 saturated carbocycles. The molecule has 21 heavy (non-hydrogen) atoms. The van der Waals surface area contributed by atoms with Gasteiger partial charge in [0.15, 0.2) is 5.11 Å². The van der Waals surface area contributed by atoms with Crippen molar-refractivity contribution < 1.29 is 18.3 Å². The number of carbonyl (C=O) groups is 1. The van der Waals surface area contributed by atoms with Crippen molar-refractivity contribution in [2.45, 2.75) is 19.9 Å². The van der Waals surface area contributed by atoms with Gasteiger partial charge in [-0.25, -0.2) is 13.6 Å². The molecule has 1 heterocycles. The number of hydrogen-bond acceptors (Lipinski definition) is 3. The third kappa shape index (κ3) is 3.02. The molecule has 1 atom stereocenters. The minimum absolute atomic E-state index is 0.106. The summed E-state index contributed by atoms with van der Waals surface area (Å²) in [6, 6.07) is 2.49. The summed E-state index contributed by atoms with van der Waals surface area (Å²) in [5.74, 6) is -2.16. The van der Waals surface area contributed by atoms with E-state index >= 15 is 0 Å². The van der Waals surface area contributed by atoms with Crippen LogP contribution in [0, 0.1) is 11.6 Å². The average molecular weight is 312 g/mol. The van der Waals surface area contributed by atoms with Crippen LogP contribution in [-0.4, -0.2) is 17.7 Å². The van der Waals surface area contributed by atoms with Gasteiger partial charge in [-0.1, -0.05) is 6.07 Å². The number of benzene rings is 1. The van der Waals surface area contributed by atoms with Crippen LogP contribution < -0.4 is 10.6 Å². The highest BCUT2D eigenvalue weighted by Crippen LogP contribution is 2.31. The van der Waals surface area contributed by atoms with Crippen LogP contribution in [0.15, 0.2) is 29.5 Å². The SMILES string of the molecule is CCOC(=O)C1=C(C)NC(=S)N[C@H]1c1c(F)cccc1F. The Morgan fingerprint density at radius 3 is 2.57 bits per heavy atom. The Balaban J connectivity index is 2.55. The summed E-state index contributed by atoms with van der Waals surface area (Å²) in [5.41, 5.74) is 0.253. The molecule has 112 valence electrons. The first-order valence-electron chi connectivity index (χ1n) is 6.35. The molecule has 0 aromatic heterocycles. The van der Waals surface area contributed by atoms with E-state index in [2.05, 4.69) is 10.6 Å². The fourth-order valence-corrected chi connectivity index (χ4v) is 2.45. The molecular formula is C14H14F2N2O2S. The van der Waals surface area contributed by atoms with Gasteiger partial charge in [0, 0.05) is 5.70 Å². The lowest BCUT2D eigenvalue weighted by Crippen LogP contribution is -2.45. The van der Waals surface area contributed by atoms with Crippen molar-refractivity contribution in [3.63, 3.8) is 0 Å². The lowest BCUT2D eigenvalue weighted by atomic mass is 9.95. The zero-order chi connectivity index (χ0) is 15.6.